The zero-order chi connectivity index (χ0) is 9.30. The standard InChI is InChI=1S/C6H7BrN2O3/c1-9-5(12-2)3(7)4(8-9)6(10)11/h1-2H3,(H,10,11). The van der Waals surface area contributed by atoms with Crippen LogP contribution < -0.4 is 4.74 Å². The van der Waals surface area contributed by atoms with E-state index in [4.69, 9.17) is 9.84 Å². The van der Waals surface area contributed by atoms with Crippen LogP contribution in [0.2, 0.25) is 0 Å². The average molecular weight is 235 g/mol. The molecule has 0 atom stereocenters. The van der Waals surface area contributed by atoms with E-state index in [9.17, 15) is 4.79 Å². The fourth-order valence-electron chi connectivity index (χ4n) is 0.841. The smallest absolute Gasteiger partial charge is 0.357 e. The number of aryl methyl sites for hydroxylation is 1. The van der Waals surface area contributed by atoms with E-state index < -0.39 is 5.97 Å². The minimum atomic E-state index is -1.08. The summed E-state index contributed by atoms with van der Waals surface area (Å²) >= 11 is 3.07. The van der Waals surface area contributed by atoms with Crippen molar-refractivity contribution in [1.29, 1.82) is 0 Å². The predicted molar refractivity (Wildman–Crippen MR) is 44.4 cm³/mol. The van der Waals surface area contributed by atoms with Gasteiger partial charge in [-0.25, -0.2) is 9.48 Å². The molecule has 5 nitrogen and oxygen atoms in total. The van der Waals surface area contributed by atoms with Gasteiger partial charge in [-0.2, -0.15) is 5.10 Å². The summed E-state index contributed by atoms with van der Waals surface area (Å²) in [5.41, 5.74) is -0.0469. The van der Waals surface area contributed by atoms with Crippen LogP contribution in [0.1, 0.15) is 10.5 Å². The zero-order valence-electron chi connectivity index (χ0n) is 6.54. The molecule has 0 aliphatic carbocycles. The number of aromatic nitrogens is 2. The topological polar surface area (TPSA) is 64.3 Å². The molecule has 1 heterocycles. The number of halogens is 1. The molecule has 6 heteroatoms. The summed E-state index contributed by atoms with van der Waals surface area (Å²) in [5.74, 6) is -0.687. The first-order valence-corrected chi connectivity index (χ1v) is 3.87. The normalized spacial score (nSPS) is 9.92. The monoisotopic (exact) mass is 234 g/mol. The van der Waals surface area contributed by atoms with E-state index in [1.54, 1.807) is 7.05 Å². The van der Waals surface area contributed by atoms with E-state index in [1.165, 1.54) is 11.8 Å². The molecule has 1 aromatic rings. The van der Waals surface area contributed by atoms with Crippen molar-refractivity contribution < 1.29 is 14.6 Å². The molecule has 0 amide bonds. The number of carboxylic acids is 1. The van der Waals surface area contributed by atoms with E-state index in [0.29, 0.717) is 10.4 Å². The summed E-state index contributed by atoms with van der Waals surface area (Å²) in [4.78, 5) is 10.5. The number of methoxy groups -OCH3 is 1. The van der Waals surface area contributed by atoms with Gasteiger partial charge in [0.15, 0.2) is 5.69 Å². The summed E-state index contributed by atoms with van der Waals surface area (Å²) in [5, 5.41) is 12.4. The van der Waals surface area contributed by atoms with Crippen LogP contribution in [0.15, 0.2) is 4.47 Å². The van der Waals surface area contributed by atoms with Gasteiger partial charge in [0.1, 0.15) is 4.47 Å². The molecule has 0 saturated carbocycles. The van der Waals surface area contributed by atoms with Gasteiger partial charge in [0, 0.05) is 7.05 Å². The lowest BCUT2D eigenvalue weighted by Gasteiger charge is -1.97. The predicted octanol–water partition coefficient (Wildman–Crippen LogP) is 0.889. The highest BCUT2D eigenvalue weighted by Crippen LogP contribution is 2.27. The molecule has 66 valence electrons. The summed E-state index contributed by atoms with van der Waals surface area (Å²) in [6, 6.07) is 0. The summed E-state index contributed by atoms with van der Waals surface area (Å²) in [6.07, 6.45) is 0. The van der Waals surface area contributed by atoms with Gasteiger partial charge in [0.2, 0.25) is 5.88 Å². The Bertz CT molecular complexity index is 321. The van der Waals surface area contributed by atoms with Crippen LogP contribution >= 0.6 is 15.9 Å². The number of nitrogens with zero attached hydrogens (tertiary/aromatic N) is 2. The molecule has 12 heavy (non-hydrogen) atoms. The SMILES string of the molecule is COc1c(Br)c(C(=O)O)nn1C. The fourth-order valence-corrected chi connectivity index (χ4v) is 1.51. The molecule has 1 rings (SSSR count). The maximum atomic E-state index is 10.5. The van der Waals surface area contributed by atoms with Gasteiger partial charge in [0.25, 0.3) is 0 Å². The van der Waals surface area contributed by atoms with Crippen molar-refractivity contribution in [2.75, 3.05) is 7.11 Å². The number of hydrogen-bond donors (Lipinski definition) is 1. The van der Waals surface area contributed by atoms with Crippen LogP contribution in [0, 0.1) is 0 Å². The Morgan fingerprint density at radius 3 is 2.58 bits per heavy atom. The van der Waals surface area contributed by atoms with E-state index >= 15 is 0 Å². The third-order valence-corrected chi connectivity index (χ3v) is 2.05. The van der Waals surface area contributed by atoms with Crippen molar-refractivity contribution in [1.82, 2.24) is 9.78 Å². The summed E-state index contributed by atoms with van der Waals surface area (Å²) < 4.78 is 6.61. The number of hydrogen-bond acceptors (Lipinski definition) is 3. The molecule has 0 aliphatic rings. The Hall–Kier alpha value is -1.04. The molecule has 0 radical (unpaired) electrons. The van der Waals surface area contributed by atoms with Crippen molar-refractivity contribution in [3.05, 3.63) is 10.2 Å². The van der Waals surface area contributed by atoms with E-state index in [1.807, 2.05) is 0 Å². The lowest BCUT2D eigenvalue weighted by Crippen LogP contribution is -1.99. The molecular formula is C6H7BrN2O3. The van der Waals surface area contributed by atoms with Crippen molar-refractivity contribution in [2.24, 2.45) is 7.05 Å². The molecule has 1 aromatic heterocycles. The molecule has 1 N–H and O–H groups in total. The van der Waals surface area contributed by atoms with Gasteiger partial charge in [-0.15, -0.1) is 0 Å². The van der Waals surface area contributed by atoms with E-state index in [0.717, 1.165) is 0 Å². The van der Waals surface area contributed by atoms with Gasteiger partial charge < -0.3 is 9.84 Å². The molecular weight excluding hydrogens is 228 g/mol. The number of carbonyl (C=O) groups is 1. The number of aromatic carboxylic acids is 1. The first-order chi connectivity index (χ1) is 5.57. The molecule has 0 bridgehead atoms. The Balaban J connectivity index is 3.26. The van der Waals surface area contributed by atoms with E-state index in [-0.39, 0.29) is 5.69 Å². The van der Waals surface area contributed by atoms with Gasteiger partial charge in [-0.1, -0.05) is 0 Å². The van der Waals surface area contributed by atoms with Crippen LogP contribution in [-0.4, -0.2) is 28.0 Å². The first-order valence-electron chi connectivity index (χ1n) is 3.07. The second kappa shape index (κ2) is 3.14. The van der Waals surface area contributed by atoms with Gasteiger partial charge in [-0.05, 0) is 15.9 Å². The lowest BCUT2D eigenvalue weighted by molar-refractivity contribution is 0.0688. The Morgan fingerprint density at radius 1 is 1.75 bits per heavy atom. The summed E-state index contributed by atoms with van der Waals surface area (Å²) in [7, 11) is 3.06. The molecule has 0 aliphatic heterocycles. The maximum Gasteiger partial charge on any atom is 0.357 e. The molecule has 0 unspecified atom stereocenters. The molecule has 0 saturated heterocycles. The van der Waals surface area contributed by atoms with Crippen molar-refractivity contribution in [3.8, 4) is 5.88 Å². The first kappa shape index (κ1) is 9.05. The minimum absolute atomic E-state index is 0.0469. The maximum absolute atomic E-state index is 10.5. The number of carboxylic acid groups (broad SMARTS) is 1. The Labute approximate surface area is 77.1 Å². The van der Waals surface area contributed by atoms with Crippen molar-refractivity contribution in [2.45, 2.75) is 0 Å². The van der Waals surface area contributed by atoms with Crippen molar-refractivity contribution >= 4 is 21.9 Å². The van der Waals surface area contributed by atoms with E-state index in [2.05, 4.69) is 21.0 Å². The zero-order valence-corrected chi connectivity index (χ0v) is 8.12. The van der Waals surface area contributed by atoms with Crippen molar-refractivity contribution in [3.63, 3.8) is 0 Å². The van der Waals surface area contributed by atoms with Crippen LogP contribution in [0.4, 0.5) is 0 Å². The molecule has 0 aromatic carbocycles. The van der Waals surface area contributed by atoms with Crippen LogP contribution in [0.25, 0.3) is 0 Å². The van der Waals surface area contributed by atoms with Gasteiger partial charge in [0.05, 0.1) is 7.11 Å². The molecule has 0 spiro atoms. The Kier molecular flexibility index (Phi) is 2.37. The van der Waals surface area contributed by atoms with Crippen LogP contribution in [-0.2, 0) is 7.05 Å². The number of rotatable bonds is 2. The van der Waals surface area contributed by atoms with Crippen LogP contribution in [0.5, 0.6) is 5.88 Å². The third kappa shape index (κ3) is 1.29. The molecule has 0 fully saturated rings. The fraction of sp³-hybridized carbons (Fsp3) is 0.333. The highest BCUT2D eigenvalue weighted by atomic mass is 79.9. The van der Waals surface area contributed by atoms with Crippen LogP contribution in [0.3, 0.4) is 0 Å². The second-order valence-corrected chi connectivity index (χ2v) is 2.89. The Morgan fingerprint density at radius 2 is 2.33 bits per heavy atom. The summed E-state index contributed by atoms with van der Waals surface area (Å²) in [6.45, 7) is 0. The lowest BCUT2D eigenvalue weighted by atomic mass is 10.4. The van der Waals surface area contributed by atoms with Gasteiger partial charge in [-0.3, -0.25) is 0 Å². The highest BCUT2D eigenvalue weighted by molar-refractivity contribution is 9.10. The average Bonchev–Trinajstić information content (AvgIpc) is 2.27. The minimum Gasteiger partial charge on any atom is -0.480 e. The quantitative estimate of drug-likeness (QED) is 0.826. The number of ether oxygens (including phenoxy) is 1. The largest absolute Gasteiger partial charge is 0.480 e. The third-order valence-electron chi connectivity index (χ3n) is 1.34. The highest BCUT2D eigenvalue weighted by Gasteiger charge is 2.19. The van der Waals surface area contributed by atoms with Gasteiger partial charge >= 0.3 is 5.97 Å². The second-order valence-electron chi connectivity index (χ2n) is 2.10.